The molecule has 1 aliphatic carbocycles. The first-order valence-corrected chi connectivity index (χ1v) is 9.35. The molecule has 1 aromatic rings. The van der Waals surface area contributed by atoms with Crippen LogP contribution < -0.4 is 15.8 Å². The van der Waals surface area contributed by atoms with Crippen LogP contribution in [-0.4, -0.2) is 25.4 Å². The van der Waals surface area contributed by atoms with Crippen molar-refractivity contribution >= 4 is 21.6 Å². The standard InChI is InChI=1S/C16H24FN3O3S/c1-15(2,3)20-24(22,23)13-10-11(6-7-12(13)17)19-14(21)16(18)8-4-5-9-16/h6-7,10,20H,4-5,8-9,18H2,1-3H3,(H,19,21). The molecule has 24 heavy (non-hydrogen) atoms. The number of nitrogens with two attached hydrogens (primary N) is 1. The van der Waals surface area contributed by atoms with Crippen LogP contribution >= 0.6 is 0 Å². The predicted octanol–water partition coefficient (Wildman–Crippen LogP) is 2.11. The lowest BCUT2D eigenvalue weighted by molar-refractivity contribution is -0.121. The van der Waals surface area contributed by atoms with Gasteiger partial charge >= 0.3 is 0 Å². The van der Waals surface area contributed by atoms with Crippen LogP contribution in [0.25, 0.3) is 0 Å². The van der Waals surface area contributed by atoms with E-state index < -0.39 is 31.8 Å². The highest BCUT2D eigenvalue weighted by Gasteiger charge is 2.37. The minimum absolute atomic E-state index is 0.201. The molecule has 0 unspecified atom stereocenters. The molecular weight excluding hydrogens is 333 g/mol. The number of hydrogen-bond acceptors (Lipinski definition) is 4. The minimum atomic E-state index is -4.05. The molecule has 0 saturated heterocycles. The Bertz CT molecular complexity index is 735. The second-order valence-corrected chi connectivity index (χ2v) is 8.97. The summed E-state index contributed by atoms with van der Waals surface area (Å²) >= 11 is 0. The van der Waals surface area contributed by atoms with E-state index in [0.29, 0.717) is 12.8 Å². The number of anilines is 1. The maximum Gasteiger partial charge on any atom is 0.244 e. The molecule has 0 radical (unpaired) electrons. The molecule has 0 heterocycles. The number of benzene rings is 1. The molecule has 0 spiro atoms. The minimum Gasteiger partial charge on any atom is -0.324 e. The summed E-state index contributed by atoms with van der Waals surface area (Å²) in [6.07, 6.45) is 2.92. The molecule has 6 nitrogen and oxygen atoms in total. The lowest BCUT2D eigenvalue weighted by Crippen LogP contribution is -2.48. The first-order chi connectivity index (χ1) is 10.9. The van der Waals surface area contributed by atoms with E-state index in [2.05, 4.69) is 10.0 Å². The monoisotopic (exact) mass is 357 g/mol. The highest BCUT2D eigenvalue weighted by Crippen LogP contribution is 2.29. The molecule has 8 heteroatoms. The SMILES string of the molecule is CC(C)(C)NS(=O)(=O)c1cc(NC(=O)C2(N)CCCC2)ccc1F. The number of amides is 1. The zero-order chi connectivity index (χ0) is 18.2. The Labute approximate surface area is 142 Å². The van der Waals surface area contributed by atoms with Crippen molar-refractivity contribution in [1.29, 1.82) is 0 Å². The Kier molecular flexibility index (Phi) is 5.03. The van der Waals surface area contributed by atoms with Gasteiger partial charge < -0.3 is 11.1 Å². The number of carbonyl (C=O) groups excluding carboxylic acids is 1. The van der Waals surface area contributed by atoms with Gasteiger partial charge in [0.1, 0.15) is 10.7 Å². The van der Waals surface area contributed by atoms with E-state index in [1.165, 1.54) is 6.07 Å². The topological polar surface area (TPSA) is 101 Å². The molecule has 0 bridgehead atoms. The summed E-state index contributed by atoms with van der Waals surface area (Å²) in [6.45, 7) is 4.98. The molecule has 0 atom stereocenters. The summed E-state index contributed by atoms with van der Waals surface area (Å²) in [4.78, 5) is 11.8. The smallest absolute Gasteiger partial charge is 0.244 e. The largest absolute Gasteiger partial charge is 0.324 e. The summed E-state index contributed by atoms with van der Waals surface area (Å²) in [7, 11) is -4.05. The van der Waals surface area contributed by atoms with Crippen molar-refractivity contribution in [2.75, 3.05) is 5.32 Å². The number of sulfonamides is 1. The van der Waals surface area contributed by atoms with Crippen molar-refractivity contribution in [2.45, 2.75) is 62.4 Å². The number of carbonyl (C=O) groups is 1. The summed E-state index contributed by atoms with van der Waals surface area (Å²) < 4.78 is 41.1. The molecule has 4 N–H and O–H groups in total. The fourth-order valence-corrected chi connectivity index (χ4v) is 4.26. The van der Waals surface area contributed by atoms with Crippen LogP contribution in [0.1, 0.15) is 46.5 Å². The molecule has 1 aliphatic rings. The average molecular weight is 357 g/mol. The molecule has 1 aromatic carbocycles. The number of hydrogen-bond donors (Lipinski definition) is 3. The van der Waals surface area contributed by atoms with Crippen LogP contribution in [0.4, 0.5) is 10.1 Å². The van der Waals surface area contributed by atoms with E-state index in [0.717, 1.165) is 25.0 Å². The Morgan fingerprint density at radius 2 is 1.83 bits per heavy atom. The van der Waals surface area contributed by atoms with Crippen LogP contribution in [-0.2, 0) is 14.8 Å². The van der Waals surface area contributed by atoms with Gasteiger partial charge in [0.25, 0.3) is 0 Å². The third kappa shape index (κ3) is 4.31. The molecule has 1 amide bonds. The Hall–Kier alpha value is -1.51. The summed E-state index contributed by atoms with van der Waals surface area (Å²) in [5.74, 6) is -1.26. The molecule has 1 fully saturated rings. The Morgan fingerprint density at radius 1 is 1.25 bits per heavy atom. The molecule has 2 rings (SSSR count). The highest BCUT2D eigenvalue weighted by molar-refractivity contribution is 7.89. The van der Waals surface area contributed by atoms with Gasteiger partial charge in [-0.1, -0.05) is 12.8 Å². The van der Waals surface area contributed by atoms with Gasteiger partial charge in [0.05, 0.1) is 5.54 Å². The van der Waals surface area contributed by atoms with Crippen LogP contribution in [0, 0.1) is 5.82 Å². The van der Waals surface area contributed by atoms with Gasteiger partial charge in [-0.3, -0.25) is 4.79 Å². The van der Waals surface area contributed by atoms with Gasteiger partial charge in [-0.25, -0.2) is 17.5 Å². The maximum atomic E-state index is 14.0. The third-order valence-electron chi connectivity index (χ3n) is 3.87. The molecule has 0 aromatic heterocycles. The zero-order valence-electron chi connectivity index (χ0n) is 14.1. The van der Waals surface area contributed by atoms with Gasteiger partial charge in [0.15, 0.2) is 0 Å². The fraction of sp³-hybridized carbons (Fsp3) is 0.562. The first kappa shape index (κ1) is 18.8. The second-order valence-electron chi connectivity index (χ2n) is 7.32. The number of nitrogens with one attached hydrogen (secondary N) is 2. The Morgan fingerprint density at radius 3 is 2.38 bits per heavy atom. The quantitative estimate of drug-likeness (QED) is 0.768. The van der Waals surface area contributed by atoms with Gasteiger partial charge in [0.2, 0.25) is 15.9 Å². The molecule has 1 saturated carbocycles. The van der Waals surface area contributed by atoms with E-state index >= 15 is 0 Å². The zero-order valence-corrected chi connectivity index (χ0v) is 15.0. The highest BCUT2D eigenvalue weighted by atomic mass is 32.2. The van der Waals surface area contributed by atoms with Crippen molar-refractivity contribution in [1.82, 2.24) is 4.72 Å². The number of rotatable bonds is 4. The Balaban J connectivity index is 2.27. The van der Waals surface area contributed by atoms with Crippen molar-refractivity contribution in [3.05, 3.63) is 24.0 Å². The summed E-state index contributed by atoms with van der Waals surface area (Å²) in [5, 5.41) is 2.60. The normalized spacial score (nSPS) is 17.7. The molecule has 134 valence electrons. The van der Waals surface area contributed by atoms with Crippen LogP contribution in [0.2, 0.25) is 0 Å². The van der Waals surface area contributed by atoms with E-state index in [1.807, 2.05) is 0 Å². The van der Waals surface area contributed by atoms with Crippen LogP contribution in [0.15, 0.2) is 23.1 Å². The summed E-state index contributed by atoms with van der Waals surface area (Å²) in [5.41, 5.74) is 4.57. The van der Waals surface area contributed by atoms with Crippen LogP contribution in [0.3, 0.4) is 0 Å². The molecule has 0 aliphatic heterocycles. The van der Waals surface area contributed by atoms with E-state index in [4.69, 9.17) is 5.73 Å². The van der Waals surface area contributed by atoms with Gasteiger partial charge in [-0.2, -0.15) is 0 Å². The van der Waals surface area contributed by atoms with Crippen LogP contribution in [0.5, 0.6) is 0 Å². The van der Waals surface area contributed by atoms with E-state index in [1.54, 1.807) is 20.8 Å². The van der Waals surface area contributed by atoms with Crippen molar-refractivity contribution in [3.63, 3.8) is 0 Å². The van der Waals surface area contributed by atoms with Crippen molar-refractivity contribution < 1.29 is 17.6 Å². The van der Waals surface area contributed by atoms with Gasteiger partial charge in [0, 0.05) is 11.2 Å². The second kappa shape index (κ2) is 6.42. The van der Waals surface area contributed by atoms with E-state index in [-0.39, 0.29) is 11.6 Å². The maximum absolute atomic E-state index is 14.0. The first-order valence-electron chi connectivity index (χ1n) is 7.87. The molecular formula is C16H24FN3O3S. The summed E-state index contributed by atoms with van der Waals surface area (Å²) in [6, 6.07) is 3.45. The van der Waals surface area contributed by atoms with Crippen molar-refractivity contribution in [3.8, 4) is 0 Å². The average Bonchev–Trinajstić information content (AvgIpc) is 2.86. The van der Waals surface area contributed by atoms with Crippen molar-refractivity contribution in [2.24, 2.45) is 5.73 Å². The number of halogens is 1. The van der Waals surface area contributed by atoms with E-state index in [9.17, 15) is 17.6 Å². The lowest BCUT2D eigenvalue weighted by atomic mass is 9.98. The predicted molar refractivity (Wildman–Crippen MR) is 90.5 cm³/mol. The third-order valence-corrected chi connectivity index (χ3v) is 5.64. The lowest BCUT2D eigenvalue weighted by Gasteiger charge is -2.23. The fourth-order valence-electron chi connectivity index (χ4n) is 2.73. The van der Waals surface area contributed by atoms with Gasteiger partial charge in [-0.15, -0.1) is 0 Å². The van der Waals surface area contributed by atoms with Gasteiger partial charge in [-0.05, 0) is 51.8 Å².